The maximum atomic E-state index is 13.7. The van der Waals surface area contributed by atoms with E-state index in [2.05, 4.69) is 0 Å². The molecule has 0 radical (unpaired) electrons. The first-order chi connectivity index (χ1) is 9.59. The third kappa shape index (κ3) is 1.94. The Morgan fingerprint density at radius 2 is 1.80 bits per heavy atom. The van der Waals surface area contributed by atoms with Crippen molar-refractivity contribution < 1.29 is 23.0 Å². The molecule has 3 rings (SSSR count). The summed E-state index contributed by atoms with van der Waals surface area (Å²) >= 11 is 0. The number of benzene rings is 2. The Kier molecular flexibility index (Phi) is 3.14. The van der Waals surface area contributed by atoms with Crippen LogP contribution in [0.1, 0.15) is 23.1 Å². The highest BCUT2D eigenvalue weighted by Crippen LogP contribution is 2.41. The van der Waals surface area contributed by atoms with Crippen LogP contribution in [0.3, 0.4) is 0 Å². The SMILES string of the molecule is OC(c1ccc(F)c(F)c1F)C1COc2ccccc21. The summed E-state index contributed by atoms with van der Waals surface area (Å²) in [6.45, 7) is 0.166. The number of para-hydroxylation sites is 1. The highest BCUT2D eigenvalue weighted by Gasteiger charge is 2.33. The lowest BCUT2D eigenvalue weighted by atomic mass is 9.90. The maximum Gasteiger partial charge on any atom is 0.194 e. The molecule has 0 aliphatic carbocycles. The Labute approximate surface area is 113 Å². The van der Waals surface area contributed by atoms with E-state index in [0.717, 1.165) is 17.7 Å². The second-order valence-electron chi connectivity index (χ2n) is 4.66. The van der Waals surface area contributed by atoms with E-state index in [-0.39, 0.29) is 12.2 Å². The molecule has 0 spiro atoms. The molecule has 5 heteroatoms. The average molecular weight is 280 g/mol. The molecule has 2 aromatic carbocycles. The molecule has 0 saturated heterocycles. The van der Waals surface area contributed by atoms with Crippen molar-refractivity contribution in [1.29, 1.82) is 0 Å². The van der Waals surface area contributed by atoms with Gasteiger partial charge in [-0.1, -0.05) is 24.3 Å². The van der Waals surface area contributed by atoms with Gasteiger partial charge in [0.25, 0.3) is 0 Å². The van der Waals surface area contributed by atoms with Gasteiger partial charge in [-0.25, -0.2) is 13.2 Å². The number of fused-ring (bicyclic) bond motifs is 1. The van der Waals surface area contributed by atoms with E-state index in [9.17, 15) is 18.3 Å². The van der Waals surface area contributed by atoms with Crippen LogP contribution in [0.4, 0.5) is 13.2 Å². The third-order valence-corrected chi connectivity index (χ3v) is 3.50. The van der Waals surface area contributed by atoms with Crippen molar-refractivity contribution in [3.05, 3.63) is 65.0 Å². The molecular weight excluding hydrogens is 269 g/mol. The lowest BCUT2D eigenvalue weighted by Gasteiger charge is -2.18. The van der Waals surface area contributed by atoms with Gasteiger partial charge in [-0.3, -0.25) is 0 Å². The molecule has 2 aromatic rings. The first kappa shape index (κ1) is 13.0. The van der Waals surface area contributed by atoms with E-state index >= 15 is 0 Å². The summed E-state index contributed by atoms with van der Waals surface area (Å²) in [5, 5.41) is 10.3. The topological polar surface area (TPSA) is 29.5 Å². The second-order valence-corrected chi connectivity index (χ2v) is 4.66. The summed E-state index contributed by atoms with van der Waals surface area (Å²) < 4.78 is 45.3. The summed E-state index contributed by atoms with van der Waals surface area (Å²) in [7, 11) is 0. The summed E-state index contributed by atoms with van der Waals surface area (Å²) in [5.41, 5.74) is 0.457. The summed E-state index contributed by atoms with van der Waals surface area (Å²) in [4.78, 5) is 0. The Hall–Kier alpha value is -2.01. The van der Waals surface area contributed by atoms with Crippen LogP contribution < -0.4 is 4.74 Å². The number of rotatable bonds is 2. The normalized spacial score (nSPS) is 18.5. The highest BCUT2D eigenvalue weighted by atomic mass is 19.2. The standard InChI is InChI=1S/C15H11F3O2/c16-11-6-5-9(13(17)14(11)18)15(19)10-7-20-12-4-2-1-3-8(10)12/h1-6,10,15,19H,7H2. The van der Waals surface area contributed by atoms with Gasteiger partial charge in [0.15, 0.2) is 17.5 Å². The van der Waals surface area contributed by atoms with Crippen LogP contribution in [-0.2, 0) is 0 Å². The molecule has 1 heterocycles. The molecule has 0 bridgehead atoms. The number of aliphatic hydroxyl groups excluding tert-OH is 1. The molecule has 0 amide bonds. The first-order valence-electron chi connectivity index (χ1n) is 6.12. The molecule has 0 fully saturated rings. The van der Waals surface area contributed by atoms with Crippen molar-refractivity contribution in [2.75, 3.05) is 6.61 Å². The summed E-state index contributed by atoms with van der Waals surface area (Å²) in [6.07, 6.45) is -1.30. The van der Waals surface area contributed by atoms with Crippen molar-refractivity contribution in [3.63, 3.8) is 0 Å². The van der Waals surface area contributed by atoms with Gasteiger partial charge >= 0.3 is 0 Å². The monoisotopic (exact) mass is 280 g/mol. The predicted octanol–water partition coefficient (Wildman–Crippen LogP) is 3.31. The van der Waals surface area contributed by atoms with Crippen molar-refractivity contribution in [2.45, 2.75) is 12.0 Å². The van der Waals surface area contributed by atoms with Gasteiger partial charge in [-0.05, 0) is 12.1 Å². The molecule has 1 aliphatic rings. The largest absolute Gasteiger partial charge is 0.493 e. The fourth-order valence-electron chi connectivity index (χ4n) is 2.43. The molecule has 2 atom stereocenters. The van der Waals surface area contributed by atoms with Crippen molar-refractivity contribution >= 4 is 0 Å². The molecule has 20 heavy (non-hydrogen) atoms. The summed E-state index contributed by atoms with van der Waals surface area (Å²) in [6, 6.07) is 8.91. The number of aliphatic hydroxyl groups is 1. The minimum Gasteiger partial charge on any atom is -0.493 e. The molecule has 0 aromatic heterocycles. The Balaban J connectivity index is 1.99. The molecule has 1 aliphatic heterocycles. The molecule has 2 unspecified atom stereocenters. The number of hydrogen-bond acceptors (Lipinski definition) is 2. The number of ether oxygens (including phenoxy) is 1. The third-order valence-electron chi connectivity index (χ3n) is 3.50. The quantitative estimate of drug-likeness (QED) is 0.855. The maximum absolute atomic E-state index is 13.7. The molecule has 2 nitrogen and oxygen atoms in total. The van der Waals surface area contributed by atoms with Crippen LogP contribution in [-0.4, -0.2) is 11.7 Å². The van der Waals surface area contributed by atoms with Gasteiger partial charge in [0, 0.05) is 11.1 Å². The smallest absolute Gasteiger partial charge is 0.194 e. The molecule has 104 valence electrons. The van der Waals surface area contributed by atoms with E-state index in [1.165, 1.54) is 0 Å². The van der Waals surface area contributed by atoms with Crippen LogP contribution in [0.5, 0.6) is 5.75 Å². The van der Waals surface area contributed by atoms with Gasteiger partial charge in [-0.15, -0.1) is 0 Å². The average Bonchev–Trinajstić information content (AvgIpc) is 2.88. The minimum atomic E-state index is -1.58. The van der Waals surface area contributed by atoms with Gasteiger partial charge < -0.3 is 9.84 Å². The van der Waals surface area contributed by atoms with E-state index in [1.54, 1.807) is 24.3 Å². The van der Waals surface area contributed by atoms with Crippen LogP contribution in [0.25, 0.3) is 0 Å². The molecular formula is C15H11F3O2. The minimum absolute atomic E-state index is 0.166. The van der Waals surface area contributed by atoms with E-state index < -0.39 is 29.5 Å². The van der Waals surface area contributed by atoms with E-state index in [1.807, 2.05) is 0 Å². The fraction of sp³-hybridized carbons (Fsp3) is 0.200. The zero-order chi connectivity index (χ0) is 14.3. The van der Waals surface area contributed by atoms with Crippen LogP contribution in [0.15, 0.2) is 36.4 Å². The van der Waals surface area contributed by atoms with E-state index in [0.29, 0.717) is 5.75 Å². The first-order valence-corrected chi connectivity index (χ1v) is 6.12. The van der Waals surface area contributed by atoms with Gasteiger partial charge in [-0.2, -0.15) is 0 Å². The predicted molar refractivity (Wildman–Crippen MR) is 66.0 cm³/mol. The van der Waals surface area contributed by atoms with Gasteiger partial charge in [0.1, 0.15) is 5.75 Å². The highest BCUT2D eigenvalue weighted by molar-refractivity contribution is 5.41. The van der Waals surface area contributed by atoms with E-state index in [4.69, 9.17) is 4.74 Å². The number of hydrogen-bond donors (Lipinski definition) is 1. The van der Waals surface area contributed by atoms with Crippen LogP contribution in [0, 0.1) is 17.5 Å². The zero-order valence-corrected chi connectivity index (χ0v) is 10.3. The van der Waals surface area contributed by atoms with Crippen LogP contribution in [0.2, 0.25) is 0 Å². The van der Waals surface area contributed by atoms with Crippen LogP contribution >= 0.6 is 0 Å². The Morgan fingerprint density at radius 3 is 2.60 bits per heavy atom. The molecule has 0 saturated carbocycles. The van der Waals surface area contributed by atoms with Crippen molar-refractivity contribution in [1.82, 2.24) is 0 Å². The lowest BCUT2D eigenvalue weighted by Crippen LogP contribution is -2.15. The zero-order valence-electron chi connectivity index (χ0n) is 10.3. The molecule has 1 N–H and O–H groups in total. The second kappa shape index (κ2) is 4.83. The van der Waals surface area contributed by atoms with Gasteiger partial charge in [0.05, 0.1) is 18.6 Å². The lowest BCUT2D eigenvalue weighted by molar-refractivity contribution is 0.125. The van der Waals surface area contributed by atoms with Crippen molar-refractivity contribution in [3.8, 4) is 5.75 Å². The fourth-order valence-corrected chi connectivity index (χ4v) is 2.43. The number of halogens is 3. The Bertz CT molecular complexity index is 658. The van der Waals surface area contributed by atoms with Crippen molar-refractivity contribution in [2.24, 2.45) is 0 Å². The summed E-state index contributed by atoms with van der Waals surface area (Å²) in [5.74, 6) is -4.11. The Morgan fingerprint density at radius 1 is 1.05 bits per heavy atom. The van der Waals surface area contributed by atoms with Gasteiger partial charge in [0.2, 0.25) is 0 Å².